The molecule has 0 saturated carbocycles. The summed E-state index contributed by atoms with van der Waals surface area (Å²) in [6.45, 7) is 14.4. The summed E-state index contributed by atoms with van der Waals surface area (Å²) in [5, 5.41) is 7.68. The van der Waals surface area contributed by atoms with Gasteiger partial charge in [0.1, 0.15) is 0 Å². The highest BCUT2D eigenvalue weighted by atomic mass is 16.1. The fourth-order valence-electron chi connectivity index (χ4n) is 3.56. The minimum atomic E-state index is -0.403. The summed E-state index contributed by atoms with van der Waals surface area (Å²) >= 11 is 0. The molecular weight excluding hydrogens is 340 g/mol. The van der Waals surface area contributed by atoms with Gasteiger partial charge in [-0.05, 0) is 53.0 Å². The van der Waals surface area contributed by atoms with Crippen molar-refractivity contribution in [2.75, 3.05) is 6.54 Å². The van der Waals surface area contributed by atoms with Crippen LogP contribution in [-0.4, -0.2) is 37.7 Å². The molecule has 0 radical (unpaired) electrons. The molecule has 27 heavy (non-hydrogen) atoms. The van der Waals surface area contributed by atoms with Crippen LogP contribution in [0.1, 0.15) is 55.5 Å². The van der Waals surface area contributed by atoms with Gasteiger partial charge in [0.25, 0.3) is 5.95 Å². The lowest BCUT2D eigenvalue weighted by Gasteiger charge is -2.31. The molecule has 0 bridgehead atoms. The summed E-state index contributed by atoms with van der Waals surface area (Å²) in [7, 11) is 0. The summed E-state index contributed by atoms with van der Waals surface area (Å²) in [6, 6.07) is 1.92. The van der Waals surface area contributed by atoms with Gasteiger partial charge in [0, 0.05) is 34.7 Å². The second-order valence-corrected chi connectivity index (χ2v) is 8.10. The van der Waals surface area contributed by atoms with Crippen LogP contribution in [-0.2, 0) is 11.2 Å². The first-order valence-corrected chi connectivity index (χ1v) is 9.43. The molecule has 0 aliphatic heterocycles. The lowest BCUT2D eigenvalue weighted by Crippen LogP contribution is -2.52. The molecule has 0 aliphatic carbocycles. The minimum absolute atomic E-state index is 0.0457. The fraction of sp³-hybridized carbons (Fsp3) is 0.600. The molecule has 2 aromatic heterocycles. The van der Waals surface area contributed by atoms with Gasteiger partial charge < -0.3 is 11.1 Å². The number of nitrogens with two attached hydrogens (primary N) is 1. The van der Waals surface area contributed by atoms with E-state index in [2.05, 4.69) is 34.2 Å². The SMILES string of the molecule is Cc1cc(C)nc(-n2nc(C)c(CC(=O)NC(C)(CN)CC(C)C)c2C)n1. The van der Waals surface area contributed by atoms with Gasteiger partial charge >= 0.3 is 0 Å². The predicted octanol–water partition coefficient (Wildman–Crippen LogP) is 2.32. The molecule has 0 spiro atoms. The Morgan fingerprint density at radius 1 is 1.22 bits per heavy atom. The number of hydrogen-bond acceptors (Lipinski definition) is 5. The molecular formula is C20H32N6O. The smallest absolute Gasteiger partial charge is 0.251 e. The van der Waals surface area contributed by atoms with E-state index in [0.29, 0.717) is 18.4 Å². The van der Waals surface area contributed by atoms with Crippen LogP contribution in [0.25, 0.3) is 5.95 Å². The van der Waals surface area contributed by atoms with Crippen molar-refractivity contribution >= 4 is 5.91 Å². The van der Waals surface area contributed by atoms with Gasteiger partial charge in [0.2, 0.25) is 5.91 Å². The third-order valence-electron chi connectivity index (χ3n) is 4.69. The molecule has 0 saturated heterocycles. The largest absolute Gasteiger partial charge is 0.349 e. The minimum Gasteiger partial charge on any atom is -0.349 e. The molecule has 2 rings (SSSR count). The van der Waals surface area contributed by atoms with Crippen molar-refractivity contribution in [3.63, 3.8) is 0 Å². The van der Waals surface area contributed by atoms with Gasteiger partial charge in [-0.15, -0.1) is 0 Å². The molecule has 3 N–H and O–H groups in total. The summed E-state index contributed by atoms with van der Waals surface area (Å²) in [4.78, 5) is 21.6. The normalized spacial score (nSPS) is 13.7. The van der Waals surface area contributed by atoms with Gasteiger partial charge in [-0.2, -0.15) is 5.10 Å². The monoisotopic (exact) mass is 372 g/mol. The molecule has 0 aliphatic rings. The van der Waals surface area contributed by atoms with Crippen molar-refractivity contribution in [1.29, 1.82) is 0 Å². The zero-order chi connectivity index (χ0) is 20.4. The molecule has 7 nitrogen and oxygen atoms in total. The number of carbonyl (C=O) groups is 1. The Kier molecular flexibility index (Phi) is 6.36. The van der Waals surface area contributed by atoms with E-state index in [1.165, 1.54) is 0 Å². The van der Waals surface area contributed by atoms with Crippen LogP contribution in [0.5, 0.6) is 0 Å². The highest BCUT2D eigenvalue weighted by molar-refractivity contribution is 5.80. The van der Waals surface area contributed by atoms with E-state index in [0.717, 1.165) is 34.8 Å². The summed E-state index contributed by atoms with van der Waals surface area (Å²) < 4.78 is 1.72. The van der Waals surface area contributed by atoms with Crippen LogP contribution in [0.4, 0.5) is 0 Å². The van der Waals surface area contributed by atoms with Crippen LogP contribution >= 0.6 is 0 Å². The summed E-state index contributed by atoms with van der Waals surface area (Å²) in [5.74, 6) is 0.939. The zero-order valence-corrected chi connectivity index (χ0v) is 17.6. The number of carbonyl (C=O) groups excluding carboxylic acids is 1. The first-order chi connectivity index (χ1) is 12.5. The van der Waals surface area contributed by atoms with Gasteiger partial charge in [-0.1, -0.05) is 13.8 Å². The number of nitrogens with zero attached hydrogens (tertiary/aromatic N) is 4. The Labute approximate surface area is 161 Å². The van der Waals surface area contributed by atoms with Crippen LogP contribution in [0.2, 0.25) is 0 Å². The van der Waals surface area contributed by atoms with E-state index in [9.17, 15) is 4.79 Å². The fourth-order valence-corrected chi connectivity index (χ4v) is 3.56. The first kappa shape index (κ1) is 21.0. The van der Waals surface area contributed by atoms with Crippen molar-refractivity contribution in [1.82, 2.24) is 25.1 Å². The molecule has 2 heterocycles. The van der Waals surface area contributed by atoms with Gasteiger partial charge in [0.05, 0.1) is 12.1 Å². The quantitative estimate of drug-likeness (QED) is 0.777. The Hall–Kier alpha value is -2.28. The number of aromatic nitrogens is 4. The first-order valence-electron chi connectivity index (χ1n) is 9.43. The predicted molar refractivity (Wildman–Crippen MR) is 107 cm³/mol. The molecule has 148 valence electrons. The highest BCUT2D eigenvalue weighted by Gasteiger charge is 2.27. The molecule has 0 fully saturated rings. The van der Waals surface area contributed by atoms with Crippen molar-refractivity contribution in [2.24, 2.45) is 11.7 Å². The molecule has 1 amide bonds. The maximum atomic E-state index is 12.7. The van der Waals surface area contributed by atoms with Crippen LogP contribution in [0.3, 0.4) is 0 Å². The second-order valence-electron chi connectivity index (χ2n) is 8.10. The second kappa shape index (κ2) is 8.17. The topological polar surface area (TPSA) is 98.7 Å². The van der Waals surface area contributed by atoms with E-state index in [1.54, 1.807) is 4.68 Å². The Morgan fingerprint density at radius 2 is 1.81 bits per heavy atom. The average molecular weight is 373 g/mol. The lowest BCUT2D eigenvalue weighted by molar-refractivity contribution is -0.122. The van der Waals surface area contributed by atoms with E-state index in [1.807, 2.05) is 40.7 Å². The van der Waals surface area contributed by atoms with Crippen LogP contribution < -0.4 is 11.1 Å². The Morgan fingerprint density at radius 3 is 2.33 bits per heavy atom. The van der Waals surface area contributed by atoms with Gasteiger partial charge in [0.15, 0.2) is 0 Å². The molecule has 2 aromatic rings. The van der Waals surface area contributed by atoms with Gasteiger partial charge in [-0.25, -0.2) is 14.6 Å². The van der Waals surface area contributed by atoms with E-state index >= 15 is 0 Å². The highest BCUT2D eigenvalue weighted by Crippen LogP contribution is 2.19. The number of rotatable bonds is 7. The van der Waals surface area contributed by atoms with Crippen molar-refractivity contribution in [3.05, 3.63) is 34.4 Å². The summed E-state index contributed by atoms with van der Waals surface area (Å²) in [5.41, 5.74) is 9.88. The van der Waals surface area contributed by atoms with Gasteiger partial charge in [-0.3, -0.25) is 4.79 Å². The van der Waals surface area contributed by atoms with E-state index < -0.39 is 5.54 Å². The summed E-state index contributed by atoms with van der Waals surface area (Å²) in [6.07, 6.45) is 1.10. The van der Waals surface area contributed by atoms with E-state index in [-0.39, 0.29) is 12.3 Å². The molecule has 7 heteroatoms. The molecule has 1 unspecified atom stereocenters. The lowest BCUT2D eigenvalue weighted by atomic mass is 9.90. The standard InChI is InChI=1S/C20H32N6O/c1-12(2)10-20(7,11-21)24-18(27)9-17-15(5)25-26(16(17)6)19-22-13(3)8-14(4)23-19/h8,12H,9-11,21H2,1-7H3,(H,24,27). The zero-order valence-electron chi connectivity index (χ0n) is 17.6. The average Bonchev–Trinajstić information content (AvgIpc) is 2.81. The molecule has 1 atom stereocenters. The number of amides is 1. The Balaban J connectivity index is 2.25. The van der Waals surface area contributed by atoms with Crippen molar-refractivity contribution in [2.45, 2.75) is 66.8 Å². The molecule has 0 aromatic carbocycles. The third kappa shape index (κ3) is 5.13. The number of hydrogen-bond donors (Lipinski definition) is 2. The van der Waals surface area contributed by atoms with Crippen LogP contribution in [0, 0.1) is 33.6 Å². The maximum Gasteiger partial charge on any atom is 0.251 e. The number of nitrogens with one attached hydrogen (secondary N) is 1. The van der Waals surface area contributed by atoms with Crippen LogP contribution in [0.15, 0.2) is 6.07 Å². The Bertz CT molecular complexity index is 806. The maximum absolute atomic E-state index is 12.7. The number of aryl methyl sites for hydroxylation is 3. The van der Waals surface area contributed by atoms with E-state index in [4.69, 9.17) is 5.73 Å². The van der Waals surface area contributed by atoms with Crippen molar-refractivity contribution in [3.8, 4) is 5.95 Å². The third-order valence-corrected chi connectivity index (χ3v) is 4.69. The van der Waals surface area contributed by atoms with Crippen molar-refractivity contribution < 1.29 is 4.79 Å².